The van der Waals surface area contributed by atoms with Crippen LogP contribution in [-0.4, -0.2) is 0 Å². The highest BCUT2D eigenvalue weighted by Crippen LogP contribution is 2.19. The van der Waals surface area contributed by atoms with Gasteiger partial charge >= 0.3 is 0 Å². The average Bonchev–Trinajstić information content (AvgIpc) is 2.43. The third-order valence-corrected chi connectivity index (χ3v) is 4.53. The first kappa shape index (κ1) is 16.8. The fraction of sp³-hybridized carbons (Fsp3) is 0.667. The number of benzene rings is 1. The molecule has 0 spiro atoms. The average molecular weight is 325 g/mol. The van der Waals surface area contributed by atoms with Crippen LogP contribution in [0.15, 0.2) is 28.7 Å². The van der Waals surface area contributed by atoms with Gasteiger partial charge < -0.3 is 0 Å². The van der Waals surface area contributed by atoms with Crippen LogP contribution in [0.1, 0.15) is 76.7 Å². The van der Waals surface area contributed by atoms with Gasteiger partial charge in [0.2, 0.25) is 0 Å². The van der Waals surface area contributed by atoms with Crippen molar-refractivity contribution < 1.29 is 0 Å². The molecule has 0 aliphatic carbocycles. The number of hydrogen-bond acceptors (Lipinski definition) is 0. The molecular formula is C18H29Br. The number of rotatable bonds is 11. The van der Waals surface area contributed by atoms with Crippen molar-refractivity contribution in [2.45, 2.75) is 77.6 Å². The van der Waals surface area contributed by atoms with Gasteiger partial charge in [-0.05, 0) is 24.5 Å². The lowest BCUT2D eigenvalue weighted by Crippen LogP contribution is -1.87. The molecule has 1 aromatic carbocycles. The zero-order valence-corrected chi connectivity index (χ0v) is 14.1. The van der Waals surface area contributed by atoms with Crippen LogP contribution < -0.4 is 0 Å². The summed E-state index contributed by atoms with van der Waals surface area (Å²) in [4.78, 5) is 0. The zero-order chi connectivity index (χ0) is 13.8. The summed E-state index contributed by atoms with van der Waals surface area (Å²) in [5.74, 6) is 0. The van der Waals surface area contributed by atoms with Crippen molar-refractivity contribution in [3.05, 3.63) is 34.3 Å². The molecular weight excluding hydrogens is 296 g/mol. The molecule has 0 radical (unpaired) electrons. The Labute approximate surface area is 128 Å². The van der Waals surface area contributed by atoms with E-state index >= 15 is 0 Å². The summed E-state index contributed by atoms with van der Waals surface area (Å²) in [6.07, 6.45) is 15.3. The first-order valence-electron chi connectivity index (χ1n) is 8.08. The minimum atomic E-state index is 1.22. The Bertz CT molecular complexity index is 319. The van der Waals surface area contributed by atoms with E-state index in [9.17, 15) is 0 Å². The van der Waals surface area contributed by atoms with E-state index in [1.54, 1.807) is 0 Å². The summed E-state index contributed by atoms with van der Waals surface area (Å²) < 4.78 is 1.27. The quantitative estimate of drug-likeness (QED) is 0.388. The largest absolute Gasteiger partial charge is 0.0654 e. The molecule has 0 amide bonds. The van der Waals surface area contributed by atoms with E-state index in [2.05, 4.69) is 47.1 Å². The second kappa shape index (κ2) is 11.5. The lowest BCUT2D eigenvalue weighted by Gasteiger charge is -2.04. The van der Waals surface area contributed by atoms with Crippen LogP contribution in [0, 0.1) is 0 Å². The molecule has 0 atom stereocenters. The van der Waals surface area contributed by atoms with Crippen LogP contribution in [0.2, 0.25) is 0 Å². The molecule has 0 N–H and O–H groups in total. The van der Waals surface area contributed by atoms with Crippen molar-refractivity contribution in [2.75, 3.05) is 0 Å². The highest BCUT2D eigenvalue weighted by Gasteiger charge is 1.98. The molecule has 0 aromatic heterocycles. The van der Waals surface area contributed by atoms with Crippen LogP contribution in [-0.2, 0) is 6.42 Å². The Kier molecular flexibility index (Phi) is 10.2. The molecule has 108 valence electrons. The van der Waals surface area contributed by atoms with Crippen molar-refractivity contribution in [1.29, 1.82) is 0 Å². The summed E-state index contributed by atoms with van der Waals surface area (Å²) in [5, 5.41) is 0. The lowest BCUT2D eigenvalue weighted by molar-refractivity contribution is 0.556. The predicted molar refractivity (Wildman–Crippen MR) is 89.7 cm³/mol. The van der Waals surface area contributed by atoms with Gasteiger partial charge in [-0.3, -0.25) is 0 Å². The van der Waals surface area contributed by atoms with E-state index < -0.39 is 0 Å². The number of halogens is 1. The van der Waals surface area contributed by atoms with Crippen LogP contribution in [0.4, 0.5) is 0 Å². The maximum atomic E-state index is 3.62. The third-order valence-electron chi connectivity index (χ3n) is 3.76. The summed E-state index contributed by atoms with van der Waals surface area (Å²) in [5.41, 5.74) is 1.46. The van der Waals surface area contributed by atoms with Crippen molar-refractivity contribution in [2.24, 2.45) is 0 Å². The molecule has 1 aromatic rings. The fourth-order valence-corrected chi connectivity index (χ4v) is 2.99. The van der Waals surface area contributed by atoms with Gasteiger partial charge in [0.15, 0.2) is 0 Å². The molecule has 0 fully saturated rings. The van der Waals surface area contributed by atoms with Crippen LogP contribution in [0.5, 0.6) is 0 Å². The number of aryl methyl sites for hydroxylation is 1. The number of unbranched alkanes of at least 4 members (excludes halogenated alkanes) is 9. The molecule has 0 heterocycles. The first-order valence-corrected chi connectivity index (χ1v) is 8.87. The van der Waals surface area contributed by atoms with Crippen LogP contribution in [0.25, 0.3) is 0 Å². The minimum Gasteiger partial charge on any atom is -0.0654 e. The Hall–Kier alpha value is -0.300. The maximum Gasteiger partial charge on any atom is 0.0207 e. The van der Waals surface area contributed by atoms with Crippen molar-refractivity contribution in [3.63, 3.8) is 0 Å². The molecule has 0 aliphatic rings. The van der Waals surface area contributed by atoms with Gasteiger partial charge in [-0.15, -0.1) is 0 Å². The third kappa shape index (κ3) is 8.47. The number of hydrogen-bond donors (Lipinski definition) is 0. The normalized spacial score (nSPS) is 10.8. The molecule has 0 bridgehead atoms. The van der Waals surface area contributed by atoms with E-state index in [1.165, 1.54) is 80.7 Å². The highest BCUT2D eigenvalue weighted by atomic mass is 79.9. The highest BCUT2D eigenvalue weighted by molar-refractivity contribution is 9.10. The van der Waals surface area contributed by atoms with Gasteiger partial charge in [-0.25, -0.2) is 0 Å². The molecule has 0 nitrogen and oxygen atoms in total. The van der Waals surface area contributed by atoms with E-state index in [0.29, 0.717) is 0 Å². The second-order valence-electron chi connectivity index (χ2n) is 5.52. The standard InChI is InChI=1S/C18H29Br/c1-2-3-4-5-6-7-8-9-10-11-14-17-15-12-13-16-18(17)19/h12-13,15-16H,2-11,14H2,1H3. The van der Waals surface area contributed by atoms with E-state index in [1.807, 2.05) is 0 Å². The van der Waals surface area contributed by atoms with Gasteiger partial charge in [0.05, 0.1) is 0 Å². The topological polar surface area (TPSA) is 0 Å². The molecule has 0 saturated carbocycles. The summed E-state index contributed by atoms with van der Waals surface area (Å²) in [7, 11) is 0. The Morgan fingerprint density at radius 1 is 0.737 bits per heavy atom. The Morgan fingerprint density at radius 3 is 1.84 bits per heavy atom. The van der Waals surface area contributed by atoms with E-state index in [-0.39, 0.29) is 0 Å². The molecule has 0 saturated heterocycles. The molecule has 0 aliphatic heterocycles. The van der Waals surface area contributed by atoms with Gasteiger partial charge in [0, 0.05) is 4.47 Å². The molecule has 1 heteroatoms. The lowest BCUT2D eigenvalue weighted by atomic mass is 10.0. The van der Waals surface area contributed by atoms with E-state index in [4.69, 9.17) is 0 Å². The fourth-order valence-electron chi connectivity index (χ4n) is 2.50. The summed E-state index contributed by atoms with van der Waals surface area (Å²) in [6.45, 7) is 2.28. The van der Waals surface area contributed by atoms with Crippen molar-refractivity contribution >= 4 is 15.9 Å². The Morgan fingerprint density at radius 2 is 1.26 bits per heavy atom. The maximum absolute atomic E-state index is 3.62. The van der Waals surface area contributed by atoms with Gasteiger partial charge in [0.1, 0.15) is 0 Å². The van der Waals surface area contributed by atoms with Crippen LogP contribution >= 0.6 is 15.9 Å². The SMILES string of the molecule is CCCCCCCCCCCCc1ccccc1Br. The smallest absolute Gasteiger partial charge is 0.0207 e. The van der Waals surface area contributed by atoms with Gasteiger partial charge in [-0.1, -0.05) is 98.8 Å². The monoisotopic (exact) mass is 324 g/mol. The van der Waals surface area contributed by atoms with Gasteiger partial charge in [-0.2, -0.15) is 0 Å². The first-order chi connectivity index (χ1) is 9.34. The van der Waals surface area contributed by atoms with Crippen molar-refractivity contribution in [1.82, 2.24) is 0 Å². The minimum absolute atomic E-state index is 1.22. The zero-order valence-electron chi connectivity index (χ0n) is 12.5. The Balaban J connectivity index is 1.90. The molecule has 19 heavy (non-hydrogen) atoms. The van der Waals surface area contributed by atoms with Crippen molar-refractivity contribution in [3.8, 4) is 0 Å². The van der Waals surface area contributed by atoms with E-state index in [0.717, 1.165) is 0 Å². The molecule has 1 rings (SSSR count). The predicted octanol–water partition coefficient (Wildman–Crippen LogP) is 6.91. The van der Waals surface area contributed by atoms with Crippen LogP contribution in [0.3, 0.4) is 0 Å². The second-order valence-corrected chi connectivity index (χ2v) is 6.38. The van der Waals surface area contributed by atoms with Gasteiger partial charge in [0.25, 0.3) is 0 Å². The molecule has 0 unspecified atom stereocenters. The summed E-state index contributed by atoms with van der Waals surface area (Å²) in [6, 6.07) is 8.60. The summed E-state index contributed by atoms with van der Waals surface area (Å²) >= 11 is 3.62.